The zero-order valence-electron chi connectivity index (χ0n) is 87.3. The van der Waals surface area contributed by atoms with E-state index in [1.54, 1.807) is 0 Å². The smallest absolute Gasteiger partial charge is 0.0404 e. The molecule has 15 aromatic rings. The van der Waals surface area contributed by atoms with Crippen LogP contribution < -0.4 is 0 Å². The first-order chi connectivity index (χ1) is 69.0. The number of hydrogen-bond donors (Lipinski definition) is 0. The molecular weight excluding hydrogens is 1690 g/mol. The molecule has 15 rings (SSSR count). The molecule has 5 heterocycles. The molecule has 0 saturated carbocycles. The van der Waals surface area contributed by atoms with Gasteiger partial charge in [0.05, 0.1) is 0 Å². The van der Waals surface area contributed by atoms with E-state index in [1.807, 2.05) is 31.0 Å². The van der Waals surface area contributed by atoms with Crippen LogP contribution in [0.2, 0.25) is 0 Å². The van der Waals surface area contributed by atoms with E-state index in [9.17, 15) is 0 Å². The van der Waals surface area contributed by atoms with Gasteiger partial charge in [-0.15, -0.1) is 0 Å². The quantitative estimate of drug-likeness (QED) is 0.0356. The van der Waals surface area contributed by atoms with Gasteiger partial charge >= 0.3 is 0 Å². The van der Waals surface area contributed by atoms with Crippen molar-refractivity contribution in [3.05, 3.63) is 391 Å². The van der Waals surface area contributed by atoms with Crippen LogP contribution in [0.3, 0.4) is 0 Å². The van der Waals surface area contributed by atoms with Crippen LogP contribution in [0.15, 0.2) is 334 Å². The van der Waals surface area contributed by atoms with Crippen LogP contribution in [-0.2, 0) is 64.2 Å². The zero-order chi connectivity index (χ0) is 98.0. The van der Waals surface area contributed by atoms with Crippen molar-refractivity contribution in [2.75, 3.05) is 0 Å². The summed E-state index contributed by atoms with van der Waals surface area (Å²) < 4.78 is 0. The van der Waals surface area contributed by atoms with Crippen molar-refractivity contribution in [1.29, 1.82) is 0 Å². The minimum atomic E-state index is 1.07. The lowest BCUT2D eigenvalue weighted by Crippen LogP contribution is -1.91. The number of nitrogens with zero attached hydrogens (tertiary/aromatic N) is 5. The van der Waals surface area contributed by atoms with Crippen LogP contribution in [0.5, 0.6) is 0 Å². The van der Waals surface area contributed by atoms with Crippen molar-refractivity contribution in [2.24, 2.45) is 0 Å². The van der Waals surface area contributed by atoms with Gasteiger partial charge in [0, 0.05) is 87.3 Å². The highest BCUT2D eigenvalue weighted by molar-refractivity contribution is 5.76. The highest BCUT2D eigenvalue weighted by atomic mass is 14.7. The average molecular weight is 1860 g/mol. The lowest BCUT2D eigenvalue weighted by atomic mass is 9.99. The molecule has 0 atom stereocenters. The fourth-order valence-electron chi connectivity index (χ4n) is 17.9. The first-order valence-electron chi connectivity index (χ1n) is 54.7. The van der Waals surface area contributed by atoms with Gasteiger partial charge in [0.1, 0.15) is 0 Å². The third-order valence-corrected chi connectivity index (χ3v) is 27.2. The van der Waals surface area contributed by atoms with E-state index in [1.165, 1.54) is 392 Å². The van der Waals surface area contributed by atoms with Gasteiger partial charge in [-0.05, 0) is 270 Å². The van der Waals surface area contributed by atoms with Gasteiger partial charge in [-0.2, -0.15) is 0 Å². The Morgan fingerprint density at radius 2 is 0.221 bits per heavy atom. The van der Waals surface area contributed by atoms with E-state index in [4.69, 9.17) is 4.98 Å². The second kappa shape index (κ2) is 63.6. The molecular formula is C135H165N5. The number of hydrogen-bond acceptors (Lipinski definition) is 5. The summed E-state index contributed by atoms with van der Waals surface area (Å²) in [5, 5.41) is 0. The SMILES string of the molecule is CCCCCCCCc1ccc(-c2ccc(-c3ccc(CCCC)cc3)cc2)cn1.CCCCCCCc1ccc(-c2ccc(-c3ccc(CCCC)cc3)cc2)cn1.CCCCCCc1ccc(-c2ccc(-c3ccc(CCCC)cc3)cc2)cn1.CCCCCc1ccc(-c2ccc(-c3ccc(CCCC)cc3)cc2)cn1.CCCCc1ccc(-c2ccc(-c3ccc(CCCC)nc3)cc2)cc1. The van der Waals surface area contributed by atoms with E-state index in [0.717, 1.165) is 32.1 Å². The van der Waals surface area contributed by atoms with Gasteiger partial charge in [-0.1, -0.05) is 471 Å². The Morgan fingerprint density at radius 3 is 0.386 bits per heavy atom. The molecule has 0 aliphatic rings. The monoisotopic (exact) mass is 1860 g/mol. The van der Waals surface area contributed by atoms with Gasteiger partial charge in [0.2, 0.25) is 0 Å². The Morgan fingerprint density at radius 1 is 0.107 bits per heavy atom. The summed E-state index contributed by atoms with van der Waals surface area (Å²) in [7, 11) is 0. The van der Waals surface area contributed by atoms with Crippen LogP contribution in [-0.4, -0.2) is 24.9 Å². The fourth-order valence-corrected chi connectivity index (χ4v) is 17.9. The Bertz CT molecular complexity index is 5700. The van der Waals surface area contributed by atoms with Crippen LogP contribution in [0, 0.1) is 0 Å². The van der Waals surface area contributed by atoms with Crippen LogP contribution in [0.4, 0.5) is 0 Å². The Hall–Kier alpha value is -12.1. The summed E-state index contributed by atoms with van der Waals surface area (Å²) in [5.74, 6) is 0. The minimum absolute atomic E-state index is 1.07. The predicted molar refractivity (Wildman–Crippen MR) is 608 cm³/mol. The molecule has 10 aromatic carbocycles. The van der Waals surface area contributed by atoms with Gasteiger partial charge in [-0.3, -0.25) is 24.9 Å². The molecule has 140 heavy (non-hydrogen) atoms. The summed E-state index contributed by atoms with van der Waals surface area (Å²) in [6.45, 7) is 22.4. The molecule has 0 bridgehead atoms. The van der Waals surface area contributed by atoms with E-state index in [2.05, 4.69) is 392 Å². The number of unbranched alkanes of at least 4 members (excludes halogenated alkanes) is 20. The Kier molecular flexibility index (Phi) is 49.2. The Labute approximate surface area is 847 Å². The predicted octanol–water partition coefficient (Wildman–Crippen LogP) is 39.4. The molecule has 0 aliphatic carbocycles. The second-order valence-electron chi connectivity index (χ2n) is 38.6. The summed E-state index contributed by atoms with van der Waals surface area (Å²) in [6, 6.07) is 111. The van der Waals surface area contributed by atoms with E-state index < -0.39 is 0 Å². The fraction of sp³-hybridized carbons (Fsp3) is 0.370. The van der Waals surface area contributed by atoms with Crippen LogP contribution >= 0.6 is 0 Å². The summed E-state index contributed by atoms with van der Waals surface area (Å²) >= 11 is 0. The summed E-state index contributed by atoms with van der Waals surface area (Å²) in [4.78, 5) is 23.3. The molecule has 0 saturated heterocycles. The molecule has 0 N–H and O–H groups in total. The maximum absolute atomic E-state index is 4.70. The Balaban J connectivity index is 0.000000168. The van der Waals surface area contributed by atoms with Gasteiger partial charge < -0.3 is 0 Å². The van der Waals surface area contributed by atoms with Gasteiger partial charge in [-0.25, -0.2) is 0 Å². The van der Waals surface area contributed by atoms with Crippen molar-refractivity contribution in [2.45, 2.75) is 326 Å². The second-order valence-corrected chi connectivity index (χ2v) is 38.6. The standard InChI is InChI=1S/C29H37N.C28H35N.C27H33N.C26H31N.C25H29N/c1-3-5-7-8-9-10-12-29-22-21-28(23-30-29)27-19-17-26(18-20-27)25-15-13-24(14-16-25)11-6-4-2;1-3-5-7-8-9-11-28-21-20-27(22-29-28)26-18-16-25(17-19-26)24-14-12-23(13-15-24)10-6-4-2;1-3-5-7-8-10-27-20-19-26(21-28-27)25-17-15-24(16-18-25)23-13-11-22(12-14-23)9-6-4-2;1-3-5-7-9-26-19-18-25(20-27-26)24-16-14-23(15-17-24)22-12-10-21(11-13-22)8-6-4-2;1-3-5-7-20-9-11-21(12-10-20)22-13-15-23(16-14-22)24-17-18-25(26-19-24)8-6-4-2/h13-23H,3-12H2,1-2H3;12-22H,3-11H2,1-2H3;11-21H,3-10H2,1-2H3;10-20H,3-9H2,1-2H3;9-19H,3-8H2,1-2H3. The molecule has 0 aliphatic heterocycles. The van der Waals surface area contributed by atoms with Gasteiger partial charge in [0.15, 0.2) is 0 Å². The summed E-state index contributed by atoms with van der Waals surface area (Å²) in [5.41, 5.74) is 38.1. The molecule has 5 heteroatoms. The third kappa shape index (κ3) is 37.8. The maximum Gasteiger partial charge on any atom is 0.0404 e. The average Bonchev–Trinajstić information content (AvgIpc) is 0.845. The van der Waals surface area contributed by atoms with E-state index in [0.29, 0.717) is 0 Å². The maximum atomic E-state index is 4.70. The van der Waals surface area contributed by atoms with Crippen molar-refractivity contribution in [3.63, 3.8) is 0 Å². The molecule has 5 nitrogen and oxygen atoms in total. The normalized spacial score (nSPS) is 10.9. The highest BCUT2D eigenvalue weighted by Crippen LogP contribution is 2.34. The lowest BCUT2D eigenvalue weighted by Gasteiger charge is -2.07. The topological polar surface area (TPSA) is 64.5 Å². The van der Waals surface area contributed by atoms with E-state index in [-0.39, 0.29) is 0 Å². The number of pyridine rings is 5. The highest BCUT2D eigenvalue weighted by Gasteiger charge is 2.12. The molecule has 0 spiro atoms. The number of benzene rings is 10. The number of aryl methyl sites for hydroxylation is 10. The molecule has 0 radical (unpaired) electrons. The number of aromatic nitrogens is 5. The first kappa shape index (κ1) is 108. The summed E-state index contributed by atoms with van der Waals surface area (Å²) in [6.07, 6.45) is 59.9. The zero-order valence-corrected chi connectivity index (χ0v) is 87.3. The largest absolute Gasteiger partial charge is 0.261 e. The third-order valence-electron chi connectivity index (χ3n) is 27.2. The molecule has 0 fully saturated rings. The van der Waals surface area contributed by atoms with Crippen molar-refractivity contribution in [1.82, 2.24) is 24.9 Å². The molecule has 0 unspecified atom stereocenters. The van der Waals surface area contributed by atoms with Crippen molar-refractivity contribution < 1.29 is 0 Å². The van der Waals surface area contributed by atoms with Gasteiger partial charge in [0.25, 0.3) is 0 Å². The van der Waals surface area contributed by atoms with Crippen LogP contribution in [0.25, 0.3) is 111 Å². The first-order valence-corrected chi connectivity index (χ1v) is 54.7. The molecule has 730 valence electrons. The van der Waals surface area contributed by atoms with E-state index >= 15 is 0 Å². The number of rotatable bonds is 50. The molecule has 0 amide bonds. The molecule has 5 aromatic heterocycles. The van der Waals surface area contributed by atoms with Crippen molar-refractivity contribution >= 4 is 0 Å². The van der Waals surface area contributed by atoms with Crippen molar-refractivity contribution in [3.8, 4) is 111 Å². The van der Waals surface area contributed by atoms with Crippen LogP contribution in [0.1, 0.15) is 318 Å². The lowest BCUT2D eigenvalue weighted by molar-refractivity contribution is 0.605. The minimum Gasteiger partial charge on any atom is -0.261 e.